The van der Waals surface area contributed by atoms with Gasteiger partial charge in [0.05, 0.1) is 26.5 Å². The van der Waals surface area contributed by atoms with E-state index >= 15 is 0 Å². The Morgan fingerprint density at radius 3 is 0.844 bits per heavy atom. The largest absolute Gasteiger partial charge is 0.216 e. The minimum absolute atomic E-state index is 0. The fourth-order valence-electron chi connectivity index (χ4n) is 5.75. The van der Waals surface area contributed by atoms with Gasteiger partial charge in [0.2, 0.25) is 6.71 Å². The molecule has 228 valence electrons. The van der Waals surface area contributed by atoms with Crippen LogP contribution in [0.15, 0.2) is 170 Å². The molecule has 0 atom stereocenters. The molecule has 0 aromatic heterocycles. The van der Waals surface area contributed by atoms with Crippen LogP contribution < -0.4 is 42.8 Å². The van der Waals surface area contributed by atoms with Gasteiger partial charge in [0.25, 0.3) is 0 Å². The number of rotatable bonds is 8. The molecule has 6 aromatic rings. The molecule has 5 heteroatoms. The summed E-state index contributed by atoms with van der Waals surface area (Å²) in [6.07, 6.45) is 0. The Bertz CT molecular complexity index is 1510. The quantitative estimate of drug-likeness (QED) is 0.133. The van der Waals surface area contributed by atoms with E-state index < -0.39 is 15.8 Å². The van der Waals surface area contributed by atoms with Crippen molar-refractivity contribution in [1.29, 1.82) is 0 Å². The van der Waals surface area contributed by atoms with E-state index in [1.54, 1.807) is 0 Å². The van der Waals surface area contributed by atoms with Gasteiger partial charge in [-0.1, -0.05) is 116 Å². The van der Waals surface area contributed by atoms with Crippen LogP contribution in [0.1, 0.15) is 0 Å². The number of hydrogen-bond acceptors (Lipinski definition) is 0. The van der Waals surface area contributed by atoms with Gasteiger partial charge in [-0.3, -0.25) is 0 Å². The molecule has 0 heterocycles. The van der Waals surface area contributed by atoms with Gasteiger partial charge in [0.1, 0.15) is 21.2 Å². The topological polar surface area (TPSA) is 0 Å². The molecule has 0 N–H and O–H groups in total. The molecule has 0 aliphatic carbocycles. The van der Waals surface area contributed by atoms with Crippen molar-refractivity contribution in [1.82, 2.24) is 0 Å². The Morgan fingerprint density at radius 2 is 0.578 bits per heavy atom. The van der Waals surface area contributed by atoms with Crippen molar-refractivity contribution in [3.05, 3.63) is 170 Å². The smallest absolute Gasteiger partial charge is 0.0771 e. The van der Waals surface area contributed by atoms with Crippen LogP contribution in [0, 0.1) is 0 Å². The first kappa shape index (κ1) is 35.2. The van der Waals surface area contributed by atoms with Crippen molar-refractivity contribution >= 4 is 73.2 Å². The Labute approximate surface area is 288 Å². The van der Waals surface area contributed by atoms with E-state index in [0.29, 0.717) is 0 Å². The third-order valence-corrected chi connectivity index (χ3v) is 13.3. The summed E-state index contributed by atoms with van der Waals surface area (Å²) in [5.74, 6) is 0. The van der Waals surface area contributed by atoms with Crippen LogP contribution in [0.3, 0.4) is 0 Å². The summed E-state index contributed by atoms with van der Waals surface area (Å²) in [6.45, 7) is 9.47. The third kappa shape index (κ3) is 9.21. The van der Waals surface area contributed by atoms with Gasteiger partial charge in [0, 0.05) is 40.4 Å². The van der Waals surface area contributed by atoms with Crippen LogP contribution in [0.25, 0.3) is 0 Å². The van der Waals surface area contributed by atoms with Gasteiger partial charge in [0.15, 0.2) is 0 Å². The van der Waals surface area contributed by atoms with Crippen LogP contribution in [-0.4, -0.2) is 26.7 Å². The summed E-state index contributed by atoms with van der Waals surface area (Å²) >= 11 is 0. The molecular weight excluding hydrogens is 691 g/mol. The summed E-state index contributed by atoms with van der Waals surface area (Å²) < 4.78 is 0. The average Bonchev–Trinajstić information content (AvgIpc) is 3.07. The van der Waals surface area contributed by atoms with Crippen LogP contribution >= 0.6 is 23.8 Å². The Kier molecular flexibility index (Phi) is 14.0. The maximum Gasteiger partial charge on any atom is 0.216 e. The van der Waals surface area contributed by atoms with Crippen molar-refractivity contribution in [2.45, 2.75) is 6.82 Å². The standard InChI is InChI=1S/C37H31BP2.C3H9P.Pd/c1-38(34-26-14-16-28-36(34)39(30-18-6-2-7-19-30)31-20-8-3-9-21-31)35-27-15-17-29-37(35)40(32-22-10-4-11-23-32)33-24-12-5-13-25-33;1-4(2)3;/h2-29H,1H3;1-3H3;/p+3. The van der Waals surface area contributed by atoms with Crippen LogP contribution in [0.4, 0.5) is 0 Å². The molecule has 0 saturated carbocycles. The van der Waals surface area contributed by atoms with E-state index in [0.717, 1.165) is 0 Å². The Morgan fingerprint density at radius 1 is 0.356 bits per heavy atom. The van der Waals surface area contributed by atoms with Crippen LogP contribution in [0.2, 0.25) is 6.82 Å². The zero-order valence-corrected chi connectivity index (χ0v) is 31.1. The minimum Gasteiger partial charge on any atom is -0.0771 e. The minimum atomic E-state index is -1.19. The second-order valence-corrected chi connectivity index (χ2v) is 19.5. The van der Waals surface area contributed by atoms with Crippen molar-refractivity contribution in [2.75, 3.05) is 20.0 Å². The summed E-state index contributed by atoms with van der Waals surface area (Å²) in [4.78, 5) is 0. The first-order valence-electron chi connectivity index (χ1n) is 15.5. The fraction of sp³-hybridized carbons (Fsp3) is 0.100. The van der Waals surface area contributed by atoms with E-state index in [1.807, 2.05) is 0 Å². The Balaban J connectivity index is 0.000000871. The summed E-state index contributed by atoms with van der Waals surface area (Å²) in [6, 6.07) is 62.7. The molecule has 0 aliphatic rings. The molecule has 0 spiro atoms. The second kappa shape index (κ2) is 17.9. The second-order valence-electron chi connectivity index (χ2n) is 11.6. The third-order valence-electron chi connectivity index (χ3n) is 7.64. The normalized spacial score (nSPS) is 10.6. The van der Waals surface area contributed by atoms with E-state index in [-0.39, 0.29) is 35.1 Å². The zero-order chi connectivity index (χ0) is 30.7. The van der Waals surface area contributed by atoms with E-state index in [9.17, 15) is 0 Å². The predicted molar refractivity (Wildman–Crippen MR) is 210 cm³/mol. The number of hydrogen-bond donors (Lipinski definition) is 0. The molecule has 0 amide bonds. The van der Waals surface area contributed by atoms with Gasteiger partial charge in [-0.15, -0.1) is 0 Å². The van der Waals surface area contributed by atoms with Gasteiger partial charge in [-0.2, -0.15) is 0 Å². The molecule has 0 unspecified atom stereocenters. The summed E-state index contributed by atoms with van der Waals surface area (Å²) in [5.41, 5.74) is 2.86. The first-order valence-corrected chi connectivity index (χ1v) is 21.5. The molecule has 0 radical (unpaired) electrons. The average molecular weight is 734 g/mol. The molecule has 6 rings (SSSR count). The summed E-state index contributed by atoms with van der Waals surface area (Å²) in [7, 11) is -2.25. The van der Waals surface area contributed by atoms with E-state index in [4.69, 9.17) is 0 Å². The van der Waals surface area contributed by atoms with Gasteiger partial charge < -0.3 is 0 Å². The van der Waals surface area contributed by atoms with Gasteiger partial charge in [-0.05, 0) is 79.5 Å². The monoisotopic (exact) mass is 733 g/mol. The predicted octanol–water partition coefficient (Wildman–Crippen LogP) is 5.99. The van der Waals surface area contributed by atoms with Gasteiger partial charge in [-0.25, -0.2) is 0 Å². The fourth-order valence-corrected chi connectivity index (χ4v) is 11.5. The van der Waals surface area contributed by atoms with Gasteiger partial charge >= 0.3 is 0 Å². The molecule has 0 aliphatic heterocycles. The van der Waals surface area contributed by atoms with E-state index in [1.165, 1.54) is 42.8 Å². The van der Waals surface area contributed by atoms with Crippen molar-refractivity contribution in [3.63, 3.8) is 0 Å². The Hall–Kier alpha value is -2.66. The molecule has 6 aromatic carbocycles. The maximum atomic E-state index is 2.41. The molecule has 0 fully saturated rings. The molecule has 0 nitrogen and oxygen atoms in total. The number of benzene rings is 6. The van der Waals surface area contributed by atoms with E-state index in [2.05, 4.69) is 197 Å². The van der Waals surface area contributed by atoms with Crippen molar-refractivity contribution < 1.29 is 20.4 Å². The summed E-state index contributed by atoms with van der Waals surface area (Å²) in [5, 5.41) is 8.63. The van der Waals surface area contributed by atoms with Crippen molar-refractivity contribution in [2.24, 2.45) is 0 Å². The molecule has 45 heavy (non-hydrogen) atoms. The zero-order valence-electron chi connectivity index (χ0n) is 26.6. The molecule has 0 bridgehead atoms. The maximum absolute atomic E-state index is 2.41. The molecular formula is C40H43BP3Pd+3. The molecule has 0 saturated heterocycles. The first-order chi connectivity index (χ1) is 21.5. The van der Waals surface area contributed by atoms with Crippen LogP contribution in [0.5, 0.6) is 0 Å². The van der Waals surface area contributed by atoms with Crippen molar-refractivity contribution in [3.8, 4) is 0 Å². The van der Waals surface area contributed by atoms with Crippen LogP contribution in [-0.2, 0) is 20.4 Å². The SMILES string of the molecule is CB(c1ccccc1[PH+](c1ccccc1)c1ccccc1)c1ccccc1[PH+](c1ccccc1)c1ccccc1.C[PH+](C)C.[Pd].